The van der Waals surface area contributed by atoms with Gasteiger partial charge in [0.05, 0.1) is 0 Å². The lowest BCUT2D eigenvalue weighted by Gasteiger charge is -2.10. The van der Waals surface area contributed by atoms with Crippen LogP contribution in [-0.2, 0) is 6.42 Å². The van der Waals surface area contributed by atoms with Crippen molar-refractivity contribution < 1.29 is 0 Å². The van der Waals surface area contributed by atoms with Crippen molar-refractivity contribution in [2.24, 2.45) is 11.7 Å². The lowest BCUT2D eigenvalue weighted by molar-refractivity contribution is 0.777. The van der Waals surface area contributed by atoms with E-state index >= 15 is 0 Å². The second-order valence-electron chi connectivity index (χ2n) is 4.74. The van der Waals surface area contributed by atoms with Crippen LogP contribution >= 0.6 is 0 Å². The largest absolute Gasteiger partial charge is 0.327 e. The highest BCUT2D eigenvalue weighted by Gasteiger charge is 2.33. The molecule has 2 atom stereocenters. The summed E-state index contributed by atoms with van der Waals surface area (Å²) in [6, 6.07) is 5.02. The van der Waals surface area contributed by atoms with Gasteiger partial charge >= 0.3 is 0 Å². The molecule has 1 aromatic rings. The molecule has 0 radical (unpaired) electrons. The molecule has 2 N–H and O–H groups in total. The van der Waals surface area contributed by atoms with Crippen LogP contribution in [0.4, 0.5) is 0 Å². The molecule has 0 saturated heterocycles. The van der Waals surface area contributed by atoms with Crippen molar-refractivity contribution >= 4 is 0 Å². The average molecular weight is 189 g/mol. The fourth-order valence-electron chi connectivity index (χ4n) is 2.30. The number of rotatable bonds is 2. The first-order chi connectivity index (χ1) is 6.58. The van der Waals surface area contributed by atoms with Gasteiger partial charge in [-0.05, 0) is 56.2 Å². The Morgan fingerprint density at radius 2 is 1.71 bits per heavy atom. The first-order valence-corrected chi connectivity index (χ1v) is 5.40. The molecule has 0 bridgehead atoms. The summed E-state index contributed by atoms with van der Waals surface area (Å²) in [5.41, 5.74) is 11.6. The molecule has 1 fully saturated rings. The summed E-state index contributed by atoms with van der Waals surface area (Å²) in [5, 5.41) is 0. The van der Waals surface area contributed by atoms with E-state index in [1.54, 1.807) is 0 Å². The van der Waals surface area contributed by atoms with E-state index in [1.807, 2.05) is 0 Å². The highest BCUT2D eigenvalue weighted by Crippen LogP contribution is 2.33. The molecule has 1 nitrogen and oxygen atoms in total. The van der Waals surface area contributed by atoms with Crippen LogP contribution in [0.25, 0.3) is 0 Å². The Bertz CT molecular complexity index is 331. The van der Waals surface area contributed by atoms with Gasteiger partial charge < -0.3 is 5.73 Å². The standard InChI is InChI=1S/C13H19N/c1-8-4-9(2)12(10(3)5-8)6-11-7-13(11)14/h4-5,11,13H,6-7,14H2,1-3H3. The van der Waals surface area contributed by atoms with Crippen molar-refractivity contribution in [1.82, 2.24) is 0 Å². The van der Waals surface area contributed by atoms with Gasteiger partial charge in [-0.15, -0.1) is 0 Å². The van der Waals surface area contributed by atoms with Gasteiger partial charge in [-0.2, -0.15) is 0 Å². The van der Waals surface area contributed by atoms with Gasteiger partial charge in [-0.1, -0.05) is 17.7 Å². The van der Waals surface area contributed by atoms with E-state index in [4.69, 9.17) is 5.73 Å². The van der Waals surface area contributed by atoms with E-state index in [-0.39, 0.29) is 0 Å². The highest BCUT2D eigenvalue weighted by atomic mass is 14.7. The summed E-state index contributed by atoms with van der Waals surface area (Å²) in [7, 11) is 0. The molecule has 1 aliphatic rings. The van der Waals surface area contributed by atoms with Gasteiger partial charge in [0.1, 0.15) is 0 Å². The maximum atomic E-state index is 5.84. The summed E-state index contributed by atoms with van der Waals surface area (Å²) < 4.78 is 0. The fraction of sp³-hybridized carbons (Fsp3) is 0.538. The molecular weight excluding hydrogens is 170 g/mol. The molecule has 1 saturated carbocycles. The topological polar surface area (TPSA) is 26.0 Å². The van der Waals surface area contributed by atoms with Crippen LogP contribution < -0.4 is 5.73 Å². The van der Waals surface area contributed by atoms with Gasteiger partial charge in [-0.25, -0.2) is 0 Å². The molecule has 76 valence electrons. The minimum atomic E-state index is 0.468. The van der Waals surface area contributed by atoms with Crippen LogP contribution in [0, 0.1) is 26.7 Å². The zero-order valence-electron chi connectivity index (χ0n) is 9.30. The van der Waals surface area contributed by atoms with Gasteiger partial charge in [0.2, 0.25) is 0 Å². The third-order valence-electron chi connectivity index (χ3n) is 3.28. The fourth-order valence-corrected chi connectivity index (χ4v) is 2.30. The molecule has 1 heteroatoms. The van der Waals surface area contributed by atoms with Crippen LogP contribution in [0.15, 0.2) is 12.1 Å². The summed E-state index contributed by atoms with van der Waals surface area (Å²) in [5.74, 6) is 0.745. The molecule has 2 rings (SSSR count). The predicted molar refractivity (Wildman–Crippen MR) is 60.4 cm³/mol. The Hall–Kier alpha value is -0.820. The number of benzene rings is 1. The van der Waals surface area contributed by atoms with Crippen LogP contribution in [0.3, 0.4) is 0 Å². The van der Waals surface area contributed by atoms with Crippen molar-refractivity contribution in [3.05, 3.63) is 34.4 Å². The molecule has 0 amide bonds. The Morgan fingerprint density at radius 3 is 2.14 bits per heavy atom. The summed E-state index contributed by atoms with van der Waals surface area (Å²) >= 11 is 0. The third kappa shape index (κ3) is 1.83. The van der Waals surface area contributed by atoms with Crippen LogP contribution in [0.1, 0.15) is 28.7 Å². The van der Waals surface area contributed by atoms with Gasteiger partial charge in [0.25, 0.3) is 0 Å². The normalized spacial score (nSPS) is 25.1. The average Bonchev–Trinajstić information content (AvgIpc) is 2.74. The number of aryl methyl sites for hydroxylation is 3. The zero-order chi connectivity index (χ0) is 10.3. The van der Waals surface area contributed by atoms with Crippen LogP contribution in [0.5, 0.6) is 0 Å². The Balaban J connectivity index is 2.23. The van der Waals surface area contributed by atoms with Crippen molar-refractivity contribution in [2.45, 2.75) is 39.7 Å². The van der Waals surface area contributed by atoms with E-state index in [1.165, 1.54) is 35.1 Å². The smallest absolute Gasteiger partial charge is 0.00742 e. The molecule has 0 aromatic heterocycles. The highest BCUT2D eigenvalue weighted by molar-refractivity contribution is 5.38. The Labute approximate surface area is 86.3 Å². The van der Waals surface area contributed by atoms with E-state index in [9.17, 15) is 0 Å². The van der Waals surface area contributed by atoms with Gasteiger partial charge in [0, 0.05) is 6.04 Å². The first-order valence-electron chi connectivity index (χ1n) is 5.40. The second-order valence-corrected chi connectivity index (χ2v) is 4.74. The summed E-state index contributed by atoms with van der Waals surface area (Å²) in [6.07, 6.45) is 2.39. The minimum Gasteiger partial charge on any atom is -0.327 e. The quantitative estimate of drug-likeness (QED) is 0.760. The zero-order valence-corrected chi connectivity index (χ0v) is 9.30. The Kier molecular flexibility index (Phi) is 2.36. The Morgan fingerprint density at radius 1 is 1.21 bits per heavy atom. The molecule has 0 aliphatic heterocycles. The van der Waals surface area contributed by atoms with E-state index < -0.39 is 0 Å². The molecule has 0 heterocycles. The third-order valence-corrected chi connectivity index (χ3v) is 3.28. The van der Waals surface area contributed by atoms with Gasteiger partial charge in [0.15, 0.2) is 0 Å². The predicted octanol–water partition coefficient (Wildman–Crippen LogP) is 2.50. The number of hydrogen-bond donors (Lipinski definition) is 1. The maximum Gasteiger partial charge on any atom is 0.00742 e. The number of hydrogen-bond acceptors (Lipinski definition) is 1. The molecule has 1 aliphatic carbocycles. The van der Waals surface area contributed by atoms with Crippen molar-refractivity contribution in [2.75, 3.05) is 0 Å². The molecule has 0 spiro atoms. The lowest BCUT2D eigenvalue weighted by atomic mass is 9.95. The first kappa shape index (κ1) is 9.72. The van der Waals surface area contributed by atoms with Gasteiger partial charge in [-0.3, -0.25) is 0 Å². The van der Waals surface area contributed by atoms with Crippen LogP contribution in [0.2, 0.25) is 0 Å². The summed E-state index contributed by atoms with van der Waals surface area (Å²) in [6.45, 7) is 6.58. The molecule has 1 aromatic carbocycles. The van der Waals surface area contributed by atoms with E-state index in [0.717, 1.165) is 5.92 Å². The van der Waals surface area contributed by atoms with E-state index in [0.29, 0.717) is 6.04 Å². The number of nitrogens with two attached hydrogens (primary N) is 1. The SMILES string of the molecule is Cc1cc(C)c(CC2CC2N)c(C)c1. The second kappa shape index (κ2) is 3.39. The van der Waals surface area contributed by atoms with Crippen LogP contribution in [-0.4, -0.2) is 6.04 Å². The summed E-state index contributed by atoms with van der Waals surface area (Å²) in [4.78, 5) is 0. The monoisotopic (exact) mass is 189 g/mol. The maximum absolute atomic E-state index is 5.84. The lowest BCUT2D eigenvalue weighted by Crippen LogP contribution is -2.05. The minimum absolute atomic E-state index is 0.468. The molecule has 14 heavy (non-hydrogen) atoms. The van der Waals surface area contributed by atoms with Crippen molar-refractivity contribution in [3.63, 3.8) is 0 Å². The van der Waals surface area contributed by atoms with Crippen molar-refractivity contribution in [1.29, 1.82) is 0 Å². The van der Waals surface area contributed by atoms with E-state index in [2.05, 4.69) is 32.9 Å². The van der Waals surface area contributed by atoms with Crippen molar-refractivity contribution in [3.8, 4) is 0 Å². The molecular formula is C13H19N. The molecule has 2 unspecified atom stereocenters.